The summed E-state index contributed by atoms with van der Waals surface area (Å²) in [7, 11) is -6.14. The van der Waals surface area contributed by atoms with Crippen molar-refractivity contribution in [3.05, 3.63) is 283 Å². The van der Waals surface area contributed by atoms with Gasteiger partial charge in [0.25, 0.3) is 0 Å². The molecule has 0 atom stereocenters. The number of benzene rings is 8. The van der Waals surface area contributed by atoms with E-state index in [0.29, 0.717) is 47.0 Å². The molecular weight excluding hydrogens is 1420 g/mol. The van der Waals surface area contributed by atoms with Gasteiger partial charge in [-0.15, -0.1) is 0 Å². The Balaban J connectivity index is 0.000000419. The van der Waals surface area contributed by atoms with Crippen LogP contribution in [-0.2, 0) is 6.18 Å². The Morgan fingerprint density at radius 3 is 1.06 bits per heavy atom. The zero-order chi connectivity index (χ0) is 81.9. The van der Waals surface area contributed by atoms with Gasteiger partial charge in [-0.1, -0.05) is 362 Å². The Hall–Kier alpha value is -6.35. The number of hydrogen-bond acceptors (Lipinski definition) is 1. The van der Waals surface area contributed by atoms with Crippen LogP contribution in [0.2, 0.25) is 76.0 Å². The fourth-order valence-electron chi connectivity index (χ4n) is 11.4. The molecule has 12 heteroatoms. The van der Waals surface area contributed by atoms with Crippen LogP contribution in [0.3, 0.4) is 0 Å². The lowest BCUT2D eigenvalue weighted by Gasteiger charge is -2.26. The largest absolute Gasteiger partial charge is 0.416 e. The van der Waals surface area contributed by atoms with Gasteiger partial charge in [0.15, 0.2) is 0 Å². The van der Waals surface area contributed by atoms with E-state index >= 15 is 0 Å². The average molecular weight is 1550 g/mol. The molecule has 0 unspecified atom stereocenters. The second-order valence-electron chi connectivity index (χ2n) is 34.2. The Labute approximate surface area is 656 Å². The number of aromatic nitrogens is 1. The number of halogens is 7. The highest BCUT2D eigenvalue weighted by molar-refractivity contribution is 7.00. The van der Waals surface area contributed by atoms with E-state index in [-0.39, 0.29) is 23.4 Å². The maximum absolute atomic E-state index is 14.2. The maximum Gasteiger partial charge on any atom is 0.416 e. The highest BCUT2D eigenvalue weighted by Gasteiger charge is 2.32. The van der Waals surface area contributed by atoms with Crippen molar-refractivity contribution in [3.63, 3.8) is 0 Å². The van der Waals surface area contributed by atoms with Gasteiger partial charge in [0.1, 0.15) is 25.5 Å². The molecule has 0 aliphatic heterocycles. The third-order valence-corrected chi connectivity index (χ3v) is 32.4. The molecule has 8 aromatic carbocycles. The number of rotatable bonds is 15. The fourth-order valence-corrected chi connectivity index (χ4v) is 19.3. The predicted molar refractivity (Wildman–Crippen MR) is 472 cm³/mol. The summed E-state index contributed by atoms with van der Waals surface area (Å²) in [5, 5.41) is 6.54. The summed E-state index contributed by atoms with van der Waals surface area (Å²) in [4.78, 5) is 4.20. The van der Waals surface area contributed by atoms with E-state index in [9.17, 15) is 26.3 Å². The molecule has 586 valence electrons. The lowest BCUT2D eigenvalue weighted by atomic mass is 9.98. The Morgan fingerprint density at radius 1 is 0.336 bits per heavy atom. The first-order chi connectivity index (χ1) is 49.4. The highest BCUT2D eigenvalue weighted by atomic mass is 35.5. The summed E-state index contributed by atoms with van der Waals surface area (Å²) >= 11 is 5.89. The van der Waals surface area contributed by atoms with Crippen LogP contribution < -0.4 is 25.9 Å². The molecule has 107 heavy (non-hydrogen) atoms. The highest BCUT2D eigenvalue weighted by Crippen LogP contribution is 2.33. The summed E-state index contributed by atoms with van der Waals surface area (Å²) in [5.74, 6) is 3.87. The molecule has 9 rings (SSSR count). The summed E-state index contributed by atoms with van der Waals surface area (Å²) in [6.07, 6.45) is -2.30. The lowest BCUT2D eigenvalue weighted by molar-refractivity contribution is -0.137. The molecule has 9 aromatic rings. The summed E-state index contributed by atoms with van der Waals surface area (Å²) < 4.78 is 79.0. The minimum absolute atomic E-state index is 0.00210. The Morgan fingerprint density at radius 2 is 0.692 bits per heavy atom. The van der Waals surface area contributed by atoms with Crippen LogP contribution in [0.25, 0.3) is 0 Å². The summed E-state index contributed by atoms with van der Waals surface area (Å²) in [6, 6.07) is 61.8. The monoisotopic (exact) mass is 1550 g/mol. The molecule has 0 saturated carbocycles. The minimum atomic E-state index is -4.24. The minimum Gasteiger partial charge on any atom is -0.261 e. The zero-order valence-electron chi connectivity index (χ0n) is 71.5. The second kappa shape index (κ2) is 44.5. The first kappa shape index (κ1) is 96.7. The summed E-state index contributed by atoms with van der Waals surface area (Å²) in [5.41, 5.74) is 13.7. The van der Waals surface area contributed by atoms with Crippen LogP contribution in [-0.4, -0.2) is 37.3 Å². The molecule has 0 aliphatic rings. The third kappa shape index (κ3) is 33.4. The third-order valence-electron chi connectivity index (χ3n) is 19.8. The van der Waals surface area contributed by atoms with Crippen molar-refractivity contribution in [2.24, 2.45) is 0 Å². The van der Waals surface area contributed by atoms with E-state index in [1.165, 1.54) is 67.4 Å². The standard InChI is InChI=1S/C17H21FSi.C14H23FSi.C12H19FSi.C12H20Si.C11H13F3.C10H13Cl.C10H14.C9H13N/c1-13(2)14-10-11-16(18)17(12-14)19(3,4)15-8-6-5-7-9-15;1-6-16(5,7-2)14-10-12(11(3)4)8-9-13(14)15;1-9(2)10-6-7-11(13)12(8-10)14(3,4)5;1-10(2)11-6-8-12(9-7-11)13(3,4)5;1-7(2)9-4-8(3)5-10(6-9)11(12,13)14;1-7(2)9-4-8(3)5-10(11)6-9;1-8(2)10-6-4-9(3)5-7-10;1-7(2)9-5-4-8(3)10-6-9/h5-13H,1-4H3;8-11H,6-7H2,1-5H3;6-9H,1-5H3;6-10H,1-5H3;4-7H,1-3H3;4-7H,1-3H3;4-8H,1-3H3;4-7H,1-3H3. The van der Waals surface area contributed by atoms with Crippen LogP contribution in [0.1, 0.15) is 244 Å². The lowest BCUT2D eigenvalue weighted by Crippen LogP contribution is -2.54. The van der Waals surface area contributed by atoms with E-state index in [2.05, 4.69) is 280 Å². The second-order valence-corrected chi connectivity index (χ2v) is 54.2. The molecule has 1 heterocycles. The molecule has 0 amide bonds. The van der Waals surface area contributed by atoms with Crippen molar-refractivity contribution in [2.45, 2.75) is 277 Å². The van der Waals surface area contributed by atoms with Gasteiger partial charge in [-0.2, -0.15) is 13.2 Å². The van der Waals surface area contributed by atoms with Crippen molar-refractivity contribution in [1.29, 1.82) is 0 Å². The van der Waals surface area contributed by atoms with Crippen LogP contribution in [0.5, 0.6) is 0 Å². The Bertz CT molecular complexity index is 3970. The smallest absolute Gasteiger partial charge is 0.261 e. The number of alkyl halides is 3. The van der Waals surface area contributed by atoms with Crippen molar-refractivity contribution < 1.29 is 26.3 Å². The summed E-state index contributed by atoms with van der Waals surface area (Å²) in [6.45, 7) is 66.9. The van der Waals surface area contributed by atoms with Gasteiger partial charge in [0, 0.05) is 16.9 Å². The van der Waals surface area contributed by atoms with Gasteiger partial charge < -0.3 is 0 Å². The zero-order valence-corrected chi connectivity index (χ0v) is 76.3. The van der Waals surface area contributed by atoms with Gasteiger partial charge in [0.05, 0.1) is 29.8 Å². The van der Waals surface area contributed by atoms with Crippen molar-refractivity contribution in [2.75, 3.05) is 0 Å². The molecule has 0 fully saturated rings. The quantitative estimate of drug-likeness (QED) is 0.0736. The first-order valence-electron chi connectivity index (χ1n) is 38.9. The van der Waals surface area contributed by atoms with Gasteiger partial charge in [-0.3, -0.25) is 4.98 Å². The van der Waals surface area contributed by atoms with Gasteiger partial charge >= 0.3 is 6.18 Å². The fraction of sp³-hybridized carbons (Fsp3) is 0.442. The molecule has 0 saturated heterocycles. The number of pyridine rings is 1. The molecule has 0 N–H and O–H groups in total. The van der Waals surface area contributed by atoms with E-state index in [1.54, 1.807) is 36.4 Å². The van der Waals surface area contributed by atoms with Gasteiger partial charge in [-0.05, 0) is 189 Å². The SMILES string of the molecule is CC(C)c1ccc(F)c([Si](C)(C)C)c1.CC(C)c1ccc(F)c([Si](C)(C)c2ccccc2)c1.CC(C)c1ccc([Si](C)(C)C)cc1.CC[Si](C)(CC)c1cc(C(C)C)ccc1F.Cc1cc(C(C)C)cc(C(F)(F)F)c1.Cc1cc(Cl)cc(C(C)C)c1.Cc1ccc(C(C)C)cc1.Cc1ccc(C(C)C)cn1. The molecule has 0 spiro atoms. The van der Waals surface area contributed by atoms with Crippen molar-refractivity contribution in [3.8, 4) is 0 Å². The van der Waals surface area contributed by atoms with Gasteiger partial charge in [0.2, 0.25) is 0 Å². The van der Waals surface area contributed by atoms with Crippen LogP contribution in [0, 0.1) is 45.1 Å². The predicted octanol–water partition coefficient (Wildman–Crippen LogP) is 28.4. The number of hydrogen-bond donors (Lipinski definition) is 0. The average Bonchev–Trinajstić information content (AvgIpc) is 0.793. The molecule has 1 aromatic heterocycles. The maximum atomic E-state index is 14.2. The number of nitrogens with zero attached hydrogens (tertiary/aromatic N) is 1. The van der Waals surface area contributed by atoms with E-state index in [0.717, 1.165) is 43.9 Å². The molecular formula is C95H136ClF6NSi4. The topological polar surface area (TPSA) is 12.9 Å². The molecule has 0 radical (unpaired) electrons. The van der Waals surface area contributed by atoms with E-state index < -0.39 is 44.0 Å². The normalized spacial score (nSPS) is 11.6. The van der Waals surface area contributed by atoms with E-state index in [1.807, 2.05) is 81.6 Å². The van der Waals surface area contributed by atoms with Crippen molar-refractivity contribution in [1.82, 2.24) is 4.98 Å². The van der Waals surface area contributed by atoms with Crippen LogP contribution in [0.4, 0.5) is 26.3 Å². The van der Waals surface area contributed by atoms with E-state index in [4.69, 9.17) is 11.6 Å². The van der Waals surface area contributed by atoms with Crippen LogP contribution in [0.15, 0.2) is 188 Å². The first-order valence-corrected chi connectivity index (χ1v) is 52.2. The molecule has 0 aliphatic carbocycles. The van der Waals surface area contributed by atoms with Crippen LogP contribution >= 0.6 is 11.6 Å². The number of aryl methyl sites for hydroxylation is 4. The Kier molecular flexibility index (Phi) is 40.2. The van der Waals surface area contributed by atoms with Crippen molar-refractivity contribution >= 4 is 69.8 Å². The van der Waals surface area contributed by atoms with Gasteiger partial charge in [-0.25, -0.2) is 13.2 Å². The molecule has 0 bridgehead atoms. The molecule has 1 nitrogen and oxygen atoms in total.